The second kappa shape index (κ2) is 11.0. The Labute approximate surface area is 194 Å². The van der Waals surface area contributed by atoms with E-state index < -0.39 is 6.03 Å². The summed E-state index contributed by atoms with van der Waals surface area (Å²) < 4.78 is 12.4. The molecule has 0 fully saturated rings. The Hall–Kier alpha value is -4.00. The normalized spacial score (nSPS) is 10.4. The van der Waals surface area contributed by atoms with Crippen molar-refractivity contribution in [1.29, 1.82) is 5.41 Å². The van der Waals surface area contributed by atoms with Crippen LogP contribution in [0.2, 0.25) is 0 Å². The molecule has 0 aromatic heterocycles. The number of carbonyl (C=O) groups is 1. The SMILES string of the molecule is CCNC(=O)N(C(=N)N)c1c(C)cc(OCc2ccccc2)c(OCc2ccccc2)c1C. The van der Waals surface area contributed by atoms with E-state index in [4.69, 9.17) is 20.6 Å². The number of guanidine groups is 1. The van der Waals surface area contributed by atoms with E-state index in [0.29, 0.717) is 42.5 Å². The zero-order chi connectivity index (χ0) is 23.8. The molecule has 2 amide bonds. The van der Waals surface area contributed by atoms with Crippen LogP contribution >= 0.6 is 0 Å². The molecule has 0 aliphatic rings. The summed E-state index contributed by atoms with van der Waals surface area (Å²) in [6.45, 7) is 6.61. The first kappa shape index (κ1) is 23.7. The Kier molecular flexibility index (Phi) is 7.91. The van der Waals surface area contributed by atoms with Crippen molar-refractivity contribution in [1.82, 2.24) is 5.32 Å². The van der Waals surface area contributed by atoms with Crippen molar-refractivity contribution in [3.63, 3.8) is 0 Å². The topological polar surface area (TPSA) is 101 Å². The fourth-order valence-corrected chi connectivity index (χ4v) is 3.58. The van der Waals surface area contributed by atoms with E-state index in [9.17, 15) is 4.79 Å². The molecule has 7 heteroatoms. The molecular formula is C26H30N4O3. The van der Waals surface area contributed by atoms with Crippen LogP contribution in [-0.2, 0) is 13.2 Å². The maximum absolute atomic E-state index is 12.7. The smallest absolute Gasteiger partial charge is 0.328 e. The minimum absolute atomic E-state index is 0.326. The van der Waals surface area contributed by atoms with Crippen molar-refractivity contribution in [3.8, 4) is 11.5 Å². The van der Waals surface area contributed by atoms with Gasteiger partial charge in [-0.2, -0.15) is 0 Å². The molecule has 3 aromatic rings. The number of carbonyl (C=O) groups excluding carboxylic acids is 1. The van der Waals surface area contributed by atoms with Gasteiger partial charge in [0, 0.05) is 12.1 Å². The van der Waals surface area contributed by atoms with Crippen molar-refractivity contribution in [3.05, 3.63) is 89.0 Å². The van der Waals surface area contributed by atoms with Gasteiger partial charge in [0.2, 0.25) is 5.96 Å². The fourth-order valence-electron chi connectivity index (χ4n) is 3.58. The molecule has 172 valence electrons. The van der Waals surface area contributed by atoms with Crippen LogP contribution in [-0.4, -0.2) is 18.5 Å². The summed E-state index contributed by atoms with van der Waals surface area (Å²) in [7, 11) is 0. The lowest BCUT2D eigenvalue weighted by Gasteiger charge is -2.27. The third-order valence-electron chi connectivity index (χ3n) is 5.10. The molecule has 0 aliphatic carbocycles. The number of urea groups is 1. The van der Waals surface area contributed by atoms with Gasteiger partial charge in [-0.15, -0.1) is 0 Å². The maximum Gasteiger partial charge on any atom is 0.328 e. The highest BCUT2D eigenvalue weighted by Crippen LogP contribution is 2.41. The predicted octanol–water partition coefficient (Wildman–Crippen LogP) is 4.89. The third-order valence-corrected chi connectivity index (χ3v) is 5.10. The van der Waals surface area contributed by atoms with Gasteiger partial charge in [0.05, 0.1) is 5.69 Å². The molecule has 0 bridgehead atoms. The van der Waals surface area contributed by atoms with Gasteiger partial charge in [-0.05, 0) is 43.5 Å². The maximum atomic E-state index is 12.7. The van der Waals surface area contributed by atoms with Gasteiger partial charge in [-0.3, -0.25) is 5.41 Å². The molecule has 0 aliphatic heterocycles. The summed E-state index contributed by atoms with van der Waals surface area (Å²) >= 11 is 0. The number of aryl methyl sites for hydroxylation is 1. The minimum atomic E-state index is -0.469. The number of nitrogens with two attached hydrogens (primary N) is 1. The predicted molar refractivity (Wildman–Crippen MR) is 131 cm³/mol. The standard InChI is InChI=1S/C26H30N4O3/c1-4-29-26(31)30(25(27)28)23-18(2)15-22(32-16-20-11-7-5-8-12-20)24(19(23)3)33-17-21-13-9-6-10-14-21/h5-15H,4,16-17H2,1-3H3,(H3,27,28)(H,29,31). The molecule has 3 rings (SSSR count). The van der Waals surface area contributed by atoms with Crippen LogP contribution in [0, 0.1) is 19.3 Å². The van der Waals surface area contributed by atoms with E-state index in [0.717, 1.165) is 21.6 Å². The van der Waals surface area contributed by atoms with Crippen molar-refractivity contribution in [2.24, 2.45) is 5.73 Å². The van der Waals surface area contributed by atoms with Crippen LogP contribution in [0.3, 0.4) is 0 Å². The lowest BCUT2D eigenvalue weighted by molar-refractivity contribution is 0.248. The van der Waals surface area contributed by atoms with Gasteiger partial charge in [-0.25, -0.2) is 9.69 Å². The highest BCUT2D eigenvalue weighted by atomic mass is 16.5. The second-order valence-corrected chi connectivity index (χ2v) is 7.60. The fraction of sp³-hybridized carbons (Fsp3) is 0.231. The zero-order valence-electron chi connectivity index (χ0n) is 19.2. The van der Waals surface area contributed by atoms with Gasteiger partial charge in [0.25, 0.3) is 0 Å². The van der Waals surface area contributed by atoms with E-state index >= 15 is 0 Å². The van der Waals surface area contributed by atoms with Crippen molar-refractivity contribution < 1.29 is 14.3 Å². The average molecular weight is 447 g/mol. The molecule has 4 N–H and O–H groups in total. The Bertz CT molecular complexity index is 1100. The molecule has 0 heterocycles. The Morgan fingerprint density at radius 3 is 2.03 bits per heavy atom. The summed E-state index contributed by atoms with van der Waals surface area (Å²) in [4.78, 5) is 13.9. The summed E-state index contributed by atoms with van der Waals surface area (Å²) in [5.41, 5.74) is 9.73. The van der Waals surface area contributed by atoms with Gasteiger partial charge in [0.1, 0.15) is 13.2 Å². The van der Waals surface area contributed by atoms with Crippen LogP contribution in [0.1, 0.15) is 29.2 Å². The lowest BCUT2D eigenvalue weighted by Crippen LogP contribution is -2.47. The van der Waals surface area contributed by atoms with E-state index in [1.165, 1.54) is 0 Å². The zero-order valence-corrected chi connectivity index (χ0v) is 19.2. The molecule has 7 nitrogen and oxygen atoms in total. The summed E-state index contributed by atoms with van der Waals surface area (Å²) in [6, 6.07) is 21.0. The highest BCUT2D eigenvalue weighted by molar-refractivity contribution is 6.15. The van der Waals surface area contributed by atoms with Crippen LogP contribution in [0.4, 0.5) is 10.5 Å². The lowest BCUT2D eigenvalue weighted by atomic mass is 10.1. The van der Waals surface area contributed by atoms with Gasteiger partial charge < -0.3 is 20.5 Å². The van der Waals surface area contributed by atoms with Crippen LogP contribution in [0.5, 0.6) is 11.5 Å². The Balaban J connectivity index is 2.02. The number of amides is 2. The van der Waals surface area contributed by atoms with Gasteiger partial charge in [0.15, 0.2) is 11.5 Å². The number of nitrogens with one attached hydrogen (secondary N) is 2. The van der Waals surface area contributed by atoms with Crippen LogP contribution < -0.4 is 25.4 Å². The molecule has 3 aromatic carbocycles. The Morgan fingerprint density at radius 1 is 0.970 bits per heavy atom. The number of nitrogens with zero attached hydrogens (tertiary/aromatic N) is 1. The molecule has 0 saturated carbocycles. The van der Waals surface area contributed by atoms with Crippen molar-refractivity contribution in [2.75, 3.05) is 11.4 Å². The number of hydrogen-bond donors (Lipinski definition) is 3. The summed E-state index contributed by atoms with van der Waals surface area (Å²) in [6.07, 6.45) is 0. The molecule has 0 saturated heterocycles. The number of hydrogen-bond acceptors (Lipinski definition) is 4. The number of anilines is 1. The number of rotatable bonds is 8. The Morgan fingerprint density at radius 2 is 1.52 bits per heavy atom. The van der Waals surface area contributed by atoms with E-state index in [1.54, 1.807) is 0 Å². The van der Waals surface area contributed by atoms with Crippen LogP contribution in [0.25, 0.3) is 0 Å². The van der Waals surface area contributed by atoms with Crippen molar-refractivity contribution in [2.45, 2.75) is 34.0 Å². The monoisotopic (exact) mass is 446 g/mol. The number of ether oxygens (including phenoxy) is 2. The first-order valence-electron chi connectivity index (χ1n) is 10.8. The molecular weight excluding hydrogens is 416 g/mol. The summed E-state index contributed by atoms with van der Waals surface area (Å²) in [5, 5.41) is 10.7. The van der Waals surface area contributed by atoms with E-state index in [1.807, 2.05) is 87.5 Å². The summed E-state index contributed by atoms with van der Waals surface area (Å²) in [5.74, 6) is 0.693. The van der Waals surface area contributed by atoms with Gasteiger partial charge in [-0.1, -0.05) is 60.7 Å². The largest absolute Gasteiger partial charge is 0.485 e. The quantitative estimate of drug-likeness (QED) is 0.339. The van der Waals surface area contributed by atoms with Gasteiger partial charge >= 0.3 is 6.03 Å². The highest BCUT2D eigenvalue weighted by Gasteiger charge is 2.26. The van der Waals surface area contributed by atoms with E-state index in [-0.39, 0.29) is 5.96 Å². The van der Waals surface area contributed by atoms with E-state index in [2.05, 4.69) is 5.32 Å². The molecule has 33 heavy (non-hydrogen) atoms. The molecule has 0 unspecified atom stereocenters. The number of benzene rings is 3. The minimum Gasteiger partial charge on any atom is -0.485 e. The van der Waals surface area contributed by atoms with Crippen molar-refractivity contribution >= 4 is 17.7 Å². The molecule has 0 spiro atoms. The first-order valence-corrected chi connectivity index (χ1v) is 10.8. The third kappa shape index (κ3) is 5.83. The van der Waals surface area contributed by atoms with Crippen LogP contribution in [0.15, 0.2) is 66.7 Å². The molecule has 0 atom stereocenters. The average Bonchev–Trinajstić information content (AvgIpc) is 2.81. The second-order valence-electron chi connectivity index (χ2n) is 7.60. The molecule has 0 radical (unpaired) electrons. The first-order chi connectivity index (χ1) is 15.9.